The molecule has 1 fully saturated rings. The predicted octanol–water partition coefficient (Wildman–Crippen LogP) is 2.36. The van der Waals surface area contributed by atoms with Crippen LogP contribution in [0.1, 0.15) is 24.4 Å². The number of halogens is 3. The van der Waals surface area contributed by atoms with E-state index >= 15 is 0 Å². The molecule has 1 aliphatic carbocycles. The molecule has 100 valence electrons. The molecule has 2 rings (SSSR count). The molecule has 3 N–H and O–H groups in total. The van der Waals surface area contributed by atoms with E-state index in [0.717, 1.165) is 12.8 Å². The Labute approximate surface area is 102 Å². The van der Waals surface area contributed by atoms with Crippen LogP contribution in [0.25, 0.3) is 0 Å². The highest BCUT2D eigenvalue weighted by atomic mass is 19.4. The van der Waals surface area contributed by atoms with E-state index in [0.29, 0.717) is 5.56 Å². The van der Waals surface area contributed by atoms with Gasteiger partial charge in [0.15, 0.2) is 0 Å². The van der Waals surface area contributed by atoms with Crippen LogP contribution in [0.4, 0.5) is 13.2 Å². The second-order valence-electron chi connectivity index (χ2n) is 4.47. The Morgan fingerprint density at radius 3 is 2.22 bits per heavy atom. The number of rotatable bonds is 4. The molecule has 0 spiro atoms. The van der Waals surface area contributed by atoms with Crippen molar-refractivity contribution in [2.45, 2.75) is 31.3 Å². The average Bonchev–Trinajstić information content (AvgIpc) is 3.10. The number of aliphatic hydroxyl groups excluding tert-OH is 1. The van der Waals surface area contributed by atoms with Crippen molar-refractivity contribution in [3.63, 3.8) is 0 Å². The van der Waals surface area contributed by atoms with Gasteiger partial charge < -0.3 is 15.6 Å². The number of nitrogens with two attached hydrogens (primary N) is 1. The highest BCUT2D eigenvalue weighted by molar-refractivity contribution is 5.30. The molecular weight excluding hydrogens is 247 g/mol. The normalized spacial score (nSPS) is 19.4. The Kier molecular flexibility index (Phi) is 3.49. The van der Waals surface area contributed by atoms with E-state index in [-0.39, 0.29) is 11.7 Å². The van der Waals surface area contributed by atoms with Crippen molar-refractivity contribution >= 4 is 0 Å². The molecule has 0 aromatic heterocycles. The number of benzene rings is 1. The van der Waals surface area contributed by atoms with Gasteiger partial charge in [0.25, 0.3) is 0 Å². The number of ether oxygens (including phenoxy) is 1. The van der Waals surface area contributed by atoms with Crippen LogP contribution in [-0.2, 0) is 0 Å². The van der Waals surface area contributed by atoms with Crippen LogP contribution in [-0.4, -0.2) is 17.6 Å². The number of aliphatic hydroxyl groups is 1. The summed E-state index contributed by atoms with van der Waals surface area (Å²) < 4.78 is 39.6. The highest BCUT2D eigenvalue weighted by Gasteiger charge is 2.34. The van der Waals surface area contributed by atoms with Crippen LogP contribution in [0.2, 0.25) is 0 Å². The van der Waals surface area contributed by atoms with Crippen molar-refractivity contribution in [3.8, 4) is 5.75 Å². The minimum atomic E-state index is -4.70. The van der Waals surface area contributed by atoms with Gasteiger partial charge in [0.1, 0.15) is 5.75 Å². The Morgan fingerprint density at radius 2 is 1.78 bits per heavy atom. The van der Waals surface area contributed by atoms with E-state index < -0.39 is 18.5 Å². The van der Waals surface area contributed by atoms with Gasteiger partial charge in [-0.3, -0.25) is 0 Å². The Hall–Kier alpha value is -1.27. The predicted molar refractivity (Wildman–Crippen MR) is 58.8 cm³/mol. The second-order valence-corrected chi connectivity index (χ2v) is 4.47. The molecule has 0 amide bonds. The summed E-state index contributed by atoms with van der Waals surface area (Å²) >= 11 is 0. The first-order valence-corrected chi connectivity index (χ1v) is 5.66. The second kappa shape index (κ2) is 4.78. The molecule has 0 heterocycles. The maximum absolute atomic E-state index is 12.0. The molecule has 0 unspecified atom stereocenters. The summed E-state index contributed by atoms with van der Waals surface area (Å²) in [6.07, 6.45) is -3.44. The van der Waals surface area contributed by atoms with Gasteiger partial charge in [0.2, 0.25) is 0 Å². The Bertz CT molecular complexity index is 401. The van der Waals surface area contributed by atoms with Crippen molar-refractivity contribution in [3.05, 3.63) is 29.8 Å². The molecule has 1 aromatic rings. The number of hydrogen-bond acceptors (Lipinski definition) is 3. The lowest BCUT2D eigenvalue weighted by atomic mass is 9.99. The fourth-order valence-corrected chi connectivity index (χ4v) is 1.82. The lowest BCUT2D eigenvalue weighted by Crippen LogP contribution is -2.27. The van der Waals surface area contributed by atoms with Crippen LogP contribution in [0.3, 0.4) is 0 Å². The molecular formula is C12H14F3NO2. The standard InChI is InChI=1S/C12H14F3NO2/c13-12(14,15)18-9-5-3-7(4-6-9)10(16)11(17)8-1-2-8/h3-6,8,10-11,17H,1-2,16H2/t10-,11+/m0/s1. The zero-order valence-corrected chi connectivity index (χ0v) is 9.52. The van der Waals surface area contributed by atoms with Crippen molar-refractivity contribution in [2.75, 3.05) is 0 Å². The average molecular weight is 261 g/mol. The monoisotopic (exact) mass is 261 g/mol. The van der Waals surface area contributed by atoms with Crippen LogP contribution in [0, 0.1) is 5.92 Å². The third-order valence-electron chi connectivity index (χ3n) is 2.97. The summed E-state index contributed by atoms with van der Waals surface area (Å²) in [7, 11) is 0. The summed E-state index contributed by atoms with van der Waals surface area (Å²) in [5, 5.41) is 9.83. The zero-order valence-electron chi connectivity index (χ0n) is 9.52. The van der Waals surface area contributed by atoms with E-state index in [9.17, 15) is 18.3 Å². The van der Waals surface area contributed by atoms with Gasteiger partial charge >= 0.3 is 6.36 Å². The van der Waals surface area contributed by atoms with Crippen molar-refractivity contribution in [1.82, 2.24) is 0 Å². The molecule has 1 aromatic carbocycles. The molecule has 0 bridgehead atoms. The van der Waals surface area contributed by atoms with Crippen molar-refractivity contribution < 1.29 is 23.0 Å². The molecule has 0 aliphatic heterocycles. The smallest absolute Gasteiger partial charge is 0.406 e. The third-order valence-corrected chi connectivity index (χ3v) is 2.97. The van der Waals surface area contributed by atoms with Crippen LogP contribution in [0.15, 0.2) is 24.3 Å². The van der Waals surface area contributed by atoms with E-state index in [1.165, 1.54) is 24.3 Å². The summed E-state index contributed by atoms with van der Waals surface area (Å²) in [5.41, 5.74) is 6.44. The minimum Gasteiger partial charge on any atom is -0.406 e. The van der Waals surface area contributed by atoms with Gasteiger partial charge in [-0.15, -0.1) is 13.2 Å². The first-order valence-electron chi connectivity index (χ1n) is 5.66. The molecule has 1 aliphatic rings. The molecule has 1 saturated carbocycles. The van der Waals surface area contributed by atoms with Gasteiger partial charge in [-0.05, 0) is 36.5 Å². The largest absolute Gasteiger partial charge is 0.573 e. The summed E-state index contributed by atoms with van der Waals surface area (Å²) in [6, 6.07) is 4.71. The quantitative estimate of drug-likeness (QED) is 0.874. The van der Waals surface area contributed by atoms with E-state index in [1.54, 1.807) is 0 Å². The zero-order chi connectivity index (χ0) is 13.3. The van der Waals surface area contributed by atoms with Crippen LogP contribution < -0.4 is 10.5 Å². The molecule has 0 saturated heterocycles. The Balaban J connectivity index is 2.02. The van der Waals surface area contributed by atoms with Crippen molar-refractivity contribution in [2.24, 2.45) is 11.7 Å². The maximum atomic E-state index is 12.0. The lowest BCUT2D eigenvalue weighted by Gasteiger charge is -2.19. The van der Waals surface area contributed by atoms with E-state index in [4.69, 9.17) is 5.73 Å². The van der Waals surface area contributed by atoms with E-state index in [2.05, 4.69) is 4.74 Å². The fraction of sp³-hybridized carbons (Fsp3) is 0.500. The van der Waals surface area contributed by atoms with Crippen molar-refractivity contribution in [1.29, 1.82) is 0 Å². The number of hydrogen-bond donors (Lipinski definition) is 2. The van der Waals surface area contributed by atoms with Gasteiger partial charge in [-0.1, -0.05) is 12.1 Å². The van der Waals surface area contributed by atoms with Gasteiger partial charge in [-0.25, -0.2) is 0 Å². The lowest BCUT2D eigenvalue weighted by molar-refractivity contribution is -0.274. The summed E-state index contributed by atoms with van der Waals surface area (Å²) in [6.45, 7) is 0. The third kappa shape index (κ3) is 3.36. The first-order chi connectivity index (χ1) is 8.37. The molecule has 6 heteroatoms. The Morgan fingerprint density at radius 1 is 1.22 bits per heavy atom. The fourth-order valence-electron chi connectivity index (χ4n) is 1.82. The first kappa shape index (κ1) is 13.2. The minimum absolute atomic E-state index is 0.214. The highest BCUT2D eigenvalue weighted by Crippen LogP contribution is 2.37. The molecule has 18 heavy (non-hydrogen) atoms. The molecule has 0 radical (unpaired) electrons. The maximum Gasteiger partial charge on any atom is 0.573 e. The molecule has 2 atom stereocenters. The van der Waals surface area contributed by atoms with Gasteiger partial charge in [0.05, 0.1) is 12.1 Å². The van der Waals surface area contributed by atoms with Gasteiger partial charge in [0, 0.05) is 0 Å². The topological polar surface area (TPSA) is 55.5 Å². The summed E-state index contributed by atoms with van der Waals surface area (Å²) in [4.78, 5) is 0. The van der Waals surface area contributed by atoms with Gasteiger partial charge in [-0.2, -0.15) is 0 Å². The number of alkyl halides is 3. The SMILES string of the molecule is N[C@@H](c1ccc(OC(F)(F)F)cc1)[C@H](O)C1CC1. The van der Waals surface area contributed by atoms with E-state index in [1.807, 2.05) is 0 Å². The van der Waals surface area contributed by atoms with Crippen LogP contribution >= 0.6 is 0 Å². The van der Waals surface area contributed by atoms with Crippen LogP contribution in [0.5, 0.6) is 5.75 Å². The molecule has 3 nitrogen and oxygen atoms in total. The summed E-state index contributed by atoms with van der Waals surface area (Å²) in [5.74, 6) is -0.0783.